The maximum atomic E-state index is 12.7. The predicted molar refractivity (Wildman–Crippen MR) is 81.3 cm³/mol. The van der Waals surface area contributed by atoms with Crippen molar-refractivity contribution in [1.29, 1.82) is 0 Å². The van der Waals surface area contributed by atoms with E-state index >= 15 is 0 Å². The fourth-order valence-electron chi connectivity index (χ4n) is 1.48. The zero-order chi connectivity index (χ0) is 12.8. The third kappa shape index (κ3) is 3.56. The highest BCUT2D eigenvalue weighted by Crippen LogP contribution is 2.55. The van der Waals surface area contributed by atoms with Crippen LogP contribution < -0.4 is 10.2 Å². The van der Waals surface area contributed by atoms with Crippen LogP contribution in [0.3, 0.4) is 0 Å². The van der Waals surface area contributed by atoms with E-state index in [0.717, 1.165) is 11.4 Å². The summed E-state index contributed by atoms with van der Waals surface area (Å²) in [4.78, 5) is 0. The maximum absolute atomic E-state index is 12.7. The van der Waals surface area contributed by atoms with Crippen molar-refractivity contribution in [3.8, 4) is 0 Å². The first-order chi connectivity index (χ1) is 8.72. The summed E-state index contributed by atoms with van der Waals surface area (Å²) in [5, 5.41) is 6.12. The third-order valence-electron chi connectivity index (χ3n) is 2.36. The van der Waals surface area contributed by atoms with Gasteiger partial charge in [-0.25, -0.2) is 0 Å². The molecule has 0 fully saturated rings. The van der Waals surface area contributed by atoms with Gasteiger partial charge in [0, 0.05) is 11.4 Å². The minimum atomic E-state index is -2.73. The zero-order valence-electron chi connectivity index (χ0n) is 10.0. The van der Waals surface area contributed by atoms with Crippen LogP contribution in [0.4, 0.5) is 11.4 Å². The lowest BCUT2D eigenvalue weighted by Crippen LogP contribution is -2.02. The van der Waals surface area contributed by atoms with E-state index in [-0.39, 0.29) is 0 Å². The van der Waals surface area contributed by atoms with E-state index < -0.39 is 6.65 Å². The van der Waals surface area contributed by atoms with Gasteiger partial charge in [0.05, 0.1) is 0 Å². The average Bonchev–Trinajstić information content (AvgIpc) is 2.41. The molecule has 94 valence electrons. The molecule has 18 heavy (non-hydrogen) atoms. The molecule has 2 N–H and O–H groups in total. The minimum absolute atomic E-state index is 0.846. The topological polar surface area (TPSA) is 41.1 Å². The Balaban J connectivity index is 2.14. The molecule has 0 heterocycles. The summed E-state index contributed by atoms with van der Waals surface area (Å²) in [5.41, 5.74) is 1.69. The van der Waals surface area contributed by atoms with Gasteiger partial charge in [-0.15, -0.1) is 0 Å². The highest BCUT2D eigenvalue weighted by Gasteiger charge is 2.20. The van der Waals surface area contributed by atoms with E-state index in [9.17, 15) is 4.57 Å². The minimum Gasteiger partial charge on any atom is -0.312 e. The predicted octanol–water partition coefficient (Wildman–Crippen LogP) is 4.68. The Bertz CT molecular complexity index is 488. The molecule has 2 aromatic rings. The molecule has 0 aliphatic heterocycles. The standard InChI is InChI=1S/C13H15N2OPS/c1-18-17(16,14-12-8-4-2-5-9-12)15-13-10-6-3-7-11-13/h2-11H,1H3,(H2,14,15,16). The van der Waals surface area contributed by atoms with Crippen LogP contribution in [0.15, 0.2) is 60.7 Å². The van der Waals surface area contributed by atoms with Crippen LogP contribution >= 0.6 is 18.0 Å². The second kappa shape index (κ2) is 5.98. The van der Waals surface area contributed by atoms with E-state index in [1.54, 1.807) is 0 Å². The summed E-state index contributed by atoms with van der Waals surface area (Å²) >= 11 is 1.30. The van der Waals surface area contributed by atoms with Crippen molar-refractivity contribution in [2.45, 2.75) is 0 Å². The number of benzene rings is 2. The van der Waals surface area contributed by atoms with Crippen LogP contribution in [-0.2, 0) is 4.57 Å². The summed E-state index contributed by atoms with van der Waals surface area (Å²) in [6, 6.07) is 19.1. The summed E-state index contributed by atoms with van der Waals surface area (Å²) in [6.45, 7) is -2.73. The average molecular weight is 278 g/mol. The first kappa shape index (κ1) is 13.1. The van der Waals surface area contributed by atoms with Gasteiger partial charge in [0.1, 0.15) is 0 Å². The van der Waals surface area contributed by atoms with Crippen LogP contribution in [0.5, 0.6) is 0 Å². The quantitative estimate of drug-likeness (QED) is 0.779. The first-order valence-electron chi connectivity index (χ1n) is 5.54. The second-order valence-electron chi connectivity index (χ2n) is 3.69. The SMILES string of the molecule is CSP(=O)(Nc1ccccc1)Nc1ccccc1. The molecule has 0 aliphatic carbocycles. The highest BCUT2D eigenvalue weighted by molar-refractivity contribution is 8.58. The Morgan fingerprint density at radius 1 is 0.833 bits per heavy atom. The summed E-state index contributed by atoms with van der Waals surface area (Å²) < 4.78 is 12.7. The van der Waals surface area contributed by atoms with Crippen LogP contribution in [0.1, 0.15) is 0 Å². The Hall–Kier alpha value is -1.38. The number of rotatable bonds is 5. The van der Waals surface area contributed by atoms with Gasteiger partial charge in [-0.05, 0) is 30.5 Å². The van der Waals surface area contributed by atoms with Crippen LogP contribution in [0.25, 0.3) is 0 Å². The molecule has 0 saturated heterocycles. The fourth-order valence-corrected chi connectivity index (χ4v) is 3.88. The zero-order valence-corrected chi connectivity index (χ0v) is 11.7. The van der Waals surface area contributed by atoms with Gasteiger partial charge in [0.25, 0.3) is 0 Å². The fraction of sp³-hybridized carbons (Fsp3) is 0.0769. The Morgan fingerprint density at radius 2 is 1.22 bits per heavy atom. The molecular weight excluding hydrogens is 263 g/mol. The highest BCUT2D eigenvalue weighted by atomic mass is 32.7. The van der Waals surface area contributed by atoms with Crippen molar-refractivity contribution in [2.75, 3.05) is 16.4 Å². The molecule has 2 aromatic carbocycles. The molecule has 0 aliphatic rings. The molecule has 0 bridgehead atoms. The summed E-state index contributed by atoms with van der Waals surface area (Å²) in [7, 11) is 0. The van der Waals surface area contributed by atoms with Gasteiger partial charge in [-0.2, -0.15) is 0 Å². The molecule has 0 unspecified atom stereocenters. The normalized spacial score (nSPS) is 10.9. The first-order valence-corrected chi connectivity index (χ1v) is 9.08. The van der Waals surface area contributed by atoms with Crippen molar-refractivity contribution in [3.63, 3.8) is 0 Å². The number of hydrogen-bond donors (Lipinski definition) is 2. The molecule has 0 spiro atoms. The van der Waals surface area contributed by atoms with Gasteiger partial charge in [0.15, 0.2) is 0 Å². The number of para-hydroxylation sites is 2. The van der Waals surface area contributed by atoms with Crippen molar-refractivity contribution in [1.82, 2.24) is 0 Å². The van der Waals surface area contributed by atoms with E-state index in [0.29, 0.717) is 0 Å². The Kier molecular flexibility index (Phi) is 4.34. The molecule has 0 atom stereocenters. The van der Waals surface area contributed by atoms with Crippen LogP contribution in [-0.4, -0.2) is 6.26 Å². The molecule has 3 nitrogen and oxygen atoms in total. The molecule has 0 saturated carbocycles. The van der Waals surface area contributed by atoms with E-state index in [1.165, 1.54) is 11.4 Å². The molecule has 2 rings (SSSR count). The van der Waals surface area contributed by atoms with Crippen molar-refractivity contribution in [2.24, 2.45) is 0 Å². The van der Waals surface area contributed by atoms with Gasteiger partial charge >= 0.3 is 6.65 Å². The van der Waals surface area contributed by atoms with Crippen LogP contribution in [0, 0.1) is 0 Å². The second-order valence-corrected chi connectivity index (χ2v) is 8.24. The van der Waals surface area contributed by atoms with Crippen molar-refractivity contribution in [3.05, 3.63) is 60.7 Å². The third-order valence-corrected chi connectivity index (χ3v) is 6.07. The van der Waals surface area contributed by atoms with Crippen molar-refractivity contribution >= 4 is 29.4 Å². The largest absolute Gasteiger partial charge is 0.313 e. The Morgan fingerprint density at radius 3 is 1.56 bits per heavy atom. The molecule has 0 amide bonds. The van der Waals surface area contributed by atoms with Gasteiger partial charge in [-0.1, -0.05) is 47.8 Å². The van der Waals surface area contributed by atoms with E-state index in [4.69, 9.17) is 0 Å². The lowest BCUT2D eigenvalue weighted by atomic mass is 10.3. The lowest BCUT2D eigenvalue weighted by Gasteiger charge is -2.20. The summed E-state index contributed by atoms with van der Waals surface area (Å²) in [5.74, 6) is 0. The Labute approximate surface area is 111 Å². The van der Waals surface area contributed by atoms with Gasteiger partial charge in [0.2, 0.25) is 0 Å². The van der Waals surface area contributed by atoms with Crippen LogP contribution in [0.2, 0.25) is 0 Å². The molecule has 0 radical (unpaired) electrons. The lowest BCUT2D eigenvalue weighted by molar-refractivity contribution is 0.591. The molecule has 5 heteroatoms. The van der Waals surface area contributed by atoms with E-state index in [1.807, 2.05) is 66.9 Å². The van der Waals surface area contributed by atoms with Crippen molar-refractivity contribution < 1.29 is 4.57 Å². The number of anilines is 2. The van der Waals surface area contributed by atoms with Gasteiger partial charge < -0.3 is 10.2 Å². The smallest absolute Gasteiger partial charge is 0.312 e. The maximum Gasteiger partial charge on any atom is 0.313 e. The number of nitrogens with one attached hydrogen (secondary N) is 2. The van der Waals surface area contributed by atoms with E-state index in [2.05, 4.69) is 10.2 Å². The summed E-state index contributed by atoms with van der Waals surface area (Å²) in [6.07, 6.45) is 1.83. The molecule has 0 aromatic heterocycles. The monoisotopic (exact) mass is 278 g/mol. The number of hydrogen-bond acceptors (Lipinski definition) is 2. The van der Waals surface area contributed by atoms with Gasteiger partial charge in [-0.3, -0.25) is 4.57 Å². The molecular formula is C13H15N2OPS.